The zero-order valence-corrected chi connectivity index (χ0v) is 11.9. The fraction of sp³-hybridized carbons (Fsp3) is 0.647. The Morgan fingerprint density at radius 2 is 2.06 bits per heavy atom. The van der Waals surface area contributed by atoms with Gasteiger partial charge in [0.1, 0.15) is 0 Å². The molecule has 2 bridgehead atoms. The molecule has 1 saturated heterocycles. The van der Waals surface area contributed by atoms with E-state index >= 15 is 0 Å². The van der Waals surface area contributed by atoms with Gasteiger partial charge in [-0.2, -0.15) is 0 Å². The Labute approximate surface area is 111 Å². The quantitative estimate of drug-likeness (QED) is 0.767. The van der Waals surface area contributed by atoms with Crippen molar-refractivity contribution in [2.75, 3.05) is 13.6 Å². The minimum absolute atomic E-state index is 0.459. The van der Waals surface area contributed by atoms with E-state index in [2.05, 4.69) is 50.1 Å². The van der Waals surface area contributed by atoms with Crippen molar-refractivity contribution in [2.24, 2.45) is 5.92 Å². The number of hydrogen-bond donors (Lipinski definition) is 0. The van der Waals surface area contributed by atoms with E-state index in [1.54, 1.807) is 11.1 Å². The van der Waals surface area contributed by atoms with Crippen LogP contribution in [0.5, 0.6) is 0 Å². The molecule has 98 valence electrons. The molecule has 1 heteroatoms. The van der Waals surface area contributed by atoms with Crippen molar-refractivity contribution in [3.05, 3.63) is 35.4 Å². The van der Waals surface area contributed by atoms with Gasteiger partial charge in [0.2, 0.25) is 0 Å². The highest BCUT2D eigenvalue weighted by atomic mass is 15.1. The molecule has 1 aliphatic heterocycles. The molecule has 1 heterocycles. The molecular weight excluding hydrogens is 218 g/mol. The molecule has 1 nitrogen and oxygen atoms in total. The Bertz CT molecular complexity index is 439. The number of rotatable bonds is 2. The topological polar surface area (TPSA) is 3.24 Å². The highest BCUT2D eigenvalue weighted by Gasteiger charge is 2.50. The molecule has 0 unspecified atom stereocenters. The lowest BCUT2D eigenvalue weighted by atomic mass is 9.55. The standard InChI is InChI=1S/C17H25N/c1-4-14-16-12-13-8-6-7-9-15(13)17(14,5-2)10-11-18(16)3/h6-9,14,16H,4-5,10-12H2,1-3H3/t14-,16+,17-/m1/s1. The number of fused-ring (bicyclic) bond motifs is 4. The average molecular weight is 243 g/mol. The largest absolute Gasteiger partial charge is 0.303 e. The van der Waals surface area contributed by atoms with Crippen LogP contribution in [0.1, 0.15) is 44.2 Å². The van der Waals surface area contributed by atoms with Crippen LogP contribution in [-0.4, -0.2) is 24.5 Å². The minimum Gasteiger partial charge on any atom is -0.303 e. The van der Waals surface area contributed by atoms with Crippen LogP contribution in [0.3, 0.4) is 0 Å². The molecule has 0 radical (unpaired) electrons. The van der Waals surface area contributed by atoms with Crippen LogP contribution in [0.25, 0.3) is 0 Å². The number of benzene rings is 1. The van der Waals surface area contributed by atoms with Gasteiger partial charge in [0.05, 0.1) is 0 Å². The second-order valence-electron chi connectivity index (χ2n) is 6.18. The van der Waals surface area contributed by atoms with Gasteiger partial charge in [0.15, 0.2) is 0 Å². The average Bonchev–Trinajstić information content (AvgIpc) is 2.42. The van der Waals surface area contributed by atoms with E-state index < -0.39 is 0 Å². The van der Waals surface area contributed by atoms with Crippen LogP contribution < -0.4 is 0 Å². The van der Waals surface area contributed by atoms with Gasteiger partial charge >= 0.3 is 0 Å². The molecule has 0 N–H and O–H groups in total. The van der Waals surface area contributed by atoms with Gasteiger partial charge in [-0.1, -0.05) is 44.5 Å². The molecule has 0 aromatic heterocycles. The Kier molecular flexibility index (Phi) is 2.97. The number of nitrogens with zero attached hydrogens (tertiary/aromatic N) is 1. The van der Waals surface area contributed by atoms with E-state index in [0.29, 0.717) is 5.41 Å². The van der Waals surface area contributed by atoms with Gasteiger partial charge in [-0.15, -0.1) is 0 Å². The Morgan fingerprint density at radius 3 is 2.78 bits per heavy atom. The third kappa shape index (κ3) is 1.50. The maximum Gasteiger partial charge on any atom is 0.0169 e. The van der Waals surface area contributed by atoms with Gasteiger partial charge < -0.3 is 4.90 Å². The summed E-state index contributed by atoms with van der Waals surface area (Å²) in [7, 11) is 2.32. The summed E-state index contributed by atoms with van der Waals surface area (Å²) in [5.41, 5.74) is 3.74. The Morgan fingerprint density at radius 1 is 1.28 bits per heavy atom. The van der Waals surface area contributed by atoms with Gasteiger partial charge in [0, 0.05) is 11.5 Å². The monoisotopic (exact) mass is 243 g/mol. The summed E-state index contributed by atoms with van der Waals surface area (Å²) in [5.74, 6) is 0.844. The third-order valence-corrected chi connectivity index (χ3v) is 5.70. The molecule has 18 heavy (non-hydrogen) atoms. The van der Waals surface area contributed by atoms with E-state index in [9.17, 15) is 0 Å². The molecule has 0 saturated carbocycles. The summed E-state index contributed by atoms with van der Waals surface area (Å²) in [5, 5.41) is 0. The van der Waals surface area contributed by atoms with Gasteiger partial charge in [-0.05, 0) is 49.9 Å². The smallest absolute Gasteiger partial charge is 0.0169 e. The van der Waals surface area contributed by atoms with Crippen LogP contribution in [0.15, 0.2) is 24.3 Å². The number of likely N-dealkylation sites (tertiary alicyclic amines) is 1. The summed E-state index contributed by atoms with van der Waals surface area (Å²) in [6.07, 6.45) is 5.21. The van der Waals surface area contributed by atoms with Crippen LogP contribution in [0.4, 0.5) is 0 Å². The highest BCUT2D eigenvalue weighted by molar-refractivity contribution is 5.40. The van der Waals surface area contributed by atoms with Crippen molar-refractivity contribution in [3.63, 3.8) is 0 Å². The summed E-state index contributed by atoms with van der Waals surface area (Å²) in [6, 6.07) is 9.98. The first-order valence-corrected chi connectivity index (χ1v) is 7.51. The molecule has 3 rings (SSSR count). The lowest BCUT2D eigenvalue weighted by Gasteiger charge is -2.56. The molecule has 1 aromatic rings. The minimum atomic E-state index is 0.459. The normalized spacial score (nSPS) is 35.3. The van der Waals surface area contributed by atoms with E-state index in [1.807, 2.05) is 0 Å². The van der Waals surface area contributed by atoms with Crippen LogP contribution in [-0.2, 0) is 11.8 Å². The predicted molar refractivity (Wildman–Crippen MR) is 76.9 cm³/mol. The maximum atomic E-state index is 2.61. The van der Waals surface area contributed by atoms with Crippen LogP contribution in [0.2, 0.25) is 0 Å². The van der Waals surface area contributed by atoms with E-state index in [4.69, 9.17) is 0 Å². The SMILES string of the molecule is CC[C@@H]1[C@@H]2Cc3ccccc3[C@]1(CC)CCN2C. The van der Waals surface area contributed by atoms with E-state index in [0.717, 1.165) is 12.0 Å². The van der Waals surface area contributed by atoms with Gasteiger partial charge in [0.25, 0.3) is 0 Å². The molecule has 3 atom stereocenters. The second-order valence-corrected chi connectivity index (χ2v) is 6.18. The van der Waals surface area contributed by atoms with E-state index in [1.165, 1.54) is 32.2 Å². The number of likely N-dealkylation sites (N-methyl/N-ethyl adjacent to an activating group) is 1. The molecule has 1 fully saturated rings. The van der Waals surface area contributed by atoms with Crippen LogP contribution >= 0.6 is 0 Å². The Hall–Kier alpha value is -0.820. The lowest BCUT2D eigenvalue weighted by Crippen LogP contribution is -2.58. The predicted octanol–water partition coefficient (Wildman–Crippen LogP) is 3.62. The van der Waals surface area contributed by atoms with Crippen molar-refractivity contribution < 1.29 is 0 Å². The molecule has 1 aliphatic carbocycles. The van der Waals surface area contributed by atoms with Crippen molar-refractivity contribution in [1.29, 1.82) is 0 Å². The fourth-order valence-electron chi connectivity index (χ4n) is 4.74. The molecule has 0 amide bonds. The van der Waals surface area contributed by atoms with Gasteiger partial charge in [-0.3, -0.25) is 0 Å². The summed E-state index contributed by atoms with van der Waals surface area (Å²) >= 11 is 0. The van der Waals surface area contributed by atoms with Crippen LogP contribution in [0, 0.1) is 5.92 Å². The van der Waals surface area contributed by atoms with E-state index in [-0.39, 0.29) is 0 Å². The van der Waals surface area contributed by atoms with Gasteiger partial charge in [-0.25, -0.2) is 0 Å². The first kappa shape index (κ1) is 12.2. The van der Waals surface area contributed by atoms with Crippen molar-refractivity contribution in [1.82, 2.24) is 4.90 Å². The van der Waals surface area contributed by atoms with Crippen molar-refractivity contribution >= 4 is 0 Å². The second kappa shape index (κ2) is 4.38. The summed E-state index contributed by atoms with van der Waals surface area (Å²) < 4.78 is 0. The molecule has 0 spiro atoms. The van der Waals surface area contributed by atoms with Crippen molar-refractivity contribution in [2.45, 2.75) is 51.0 Å². The fourth-order valence-corrected chi connectivity index (χ4v) is 4.74. The maximum absolute atomic E-state index is 2.61. The molecule has 1 aromatic carbocycles. The highest BCUT2D eigenvalue weighted by Crippen LogP contribution is 2.51. The summed E-state index contributed by atoms with van der Waals surface area (Å²) in [4.78, 5) is 2.61. The first-order chi connectivity index (χ1) is 8.73. The number of piperidine rings is 1. The zero-order chi connectivity index (χ0) is 12.8. The molecule has 2 aliphatic rings. The summed E-state index contributed by atoms with van der Waals surface area (Å²) in [6.45, 7) is 6.05. The van der Waals surface area contributed by atoms with Crippen molar-refractivity contribution in [3.8, 4) is 0 Å². The molecular formula is C17H25N. The zero-order valence-electron chi connectivity index (χ0n) is 11.9. The Balaban J connectivity index is 2.16. The number of hydrogen-bond acceptors (Lipinski definition) is 1. The first-order valence-electron chi connectivity index (χ1n) is 7.51. The third-order valence-electron chi connectivity index (χ3n) is 5.70. The lowest BCUT2D eigenvalue weighted by molar-refractivity contribution is 0.0259.